The summed E-state index contributed by atoms with van der Waals surface area (Å²) in [4.78, 5) is 4.67. The Morgan fingerprint density at radius 2 is 1.82 bits per heavy atom. The molecule has 1 aromatic carbocycles. The van der Waals surface area contributed by atoms with Crippen LogP contribution >= 0.6 is 0 Å². The van der Waals surface area contributed by atoms with Crippen molar-refractivity contribution in [3.05, 3.63) is 35.5 Å². The summed E-state index contributed by atoms with van der Waals surface area (Å²) < 4.78 is 0. The third-order valence-corrected chi connectivity index (χ3v) is 3.60. The molecule has 0 amide bonds. The zero-order chi connectivity index (χ0) is 11.7. The minimum Gasteiger partial charge on any atom is -0.506 e. The van der Waals surface area contributed by atoms with E-state index >= 15 is 0 Å². The summed E-state index contributed by atoms with van der Waals surface area (Å²) in [7, 11) is 0. The molecule has 1 aliphatic carbocycles. The number of fused-ring (bicyclic) bond motifs is 2. The number of hydrogen-bond donors (Lipinski definition) is 1. The summed E-state index contributed by atoms with van der Waals surface area (Å²) in [5.74, 6) is 0.298. The summed E-state index contributed by atoms with van der Waals surface area (Å²) in [6, 6.07) is 7.84. The first-order valence-electron chi connectivity index (χ1n) is 6.45. The van der Waals surface area contributed by atoms with Crippen LogP contribution in [0.3, 0.4) is 0 Å². The van der Waals surface area contributed by atoms with Gasteiger partial charge in [0.2, 0.25) is 0 Å². The fourth-order valence-corrected chi connectivity index (χ4v) is 2.66. The first-order chi connectivity index (χ1) is 8.34. The van der Waals surface area contributed by atoms with Crippen LogP contribution < -0.4 is 0 Å². The number of para-hydroxylation sites is 1. The average molecular weight is 227 g/mol. The van der Waals surface area contributed by atoms with Crippen molar-refractivity contribution in [2.45, 2.75) is 38.5 Å². The Labute approximate surface area is 101 Å². The lowest BCUT2D eigenvalue weighted by molar-refractivity contribution is 0.480. The van der Waals surface area contributed by atoms with E-state index in [9.17, 15) is 5.11 Å². The van der Waals surface area contributed by atoms with Crippen LogP contribution in [0.5, 0.6) is 5.75 Å². The number of nitrogens with zero attached hydrogens (tertiary/aromatic N) is 1. The Balaban J connectivity index is 2.17. The van der Waals surface area contributed by atoms with Gasteiger partial charge in [-0.3, -0.25) is 0 Å². The normalized spacial score (nSPS) is 16.2. The smallest absolute Gasteiger partial charge is 0.141 e. The zero-order valence-corrected chi connectivity index (χ0v) is 9.95. The molecular weight excluding hydrogens is 210 g/mol. The van der Waals surface area contributed by atoms with Gasteiger partial charge in [-0.25, -0.2) is 4.98 Å². The maximum absolute atomic E-state index is 9.84. The van der Waals surface area contributed by atoms with E-state index in [2.05, 4.69) is 11.1 Å². The second kappa shape index (κ2) is 4.36. The van der Waals surface area contributed by atoms with Crippen LogP contribution in [-0.4, -0.2) is 10.1 Å². The predicted molar refractivity (Wildman–Crippen MR) is 69.3 cm³/mol. The summed E-state index contributed by atoms with van der Waals surface area (Å²) in [6.07, 6.45) is 7.31. The Morgan fingerprint density at radius 1 is 1.00 bits per heavy atom. The van der Waals surface area contributed by atoms with Crippen molar-refractivity contribution in [2.75, 3.05) is 0 Å². The Morgan fingerprint density at radius 3 is 2.71 bits per heavy atom. The van der Waals surface area contributed by atoms with Crippen LogP contribution in [0.15, 0.2) is 24.3 Å². The Kier molecular flexibility index (Phi) is 2.71. The SMILES string of the molecule is Oc1cccc2cc3c(nc12)CCCCCC3. The quantitative estimate of drug-likeness (QED) is 0.746. The molecule has 1 aromatic heterocycles. The second-order valence-electron chi connectivity index (χ2n) is 4.86. The largest absolute Gasteiger partial charge is 0.506 e. The Bertz CT molecular complexity index is 548. The lowest BCUT2D eigenvalue weighted by Crippen LogP contribution is -2.02. The molecule has 0 aliphatic heterocycles. The molecule has 0 bridgehead atoms. The summed E-state index contributed by atoms with van der Waals surface area (Å²) in [5.41, 5.74) is 3.33. The van der Waals surface area contributed by atoms with Crippen molar-refractivity contribution in [1.82, 2.24) is 4.98 Å². The first kappa shape index (κ1) is 10.6. The number of rotatable bonds is 0. The topological polar surface area (TPSA) is 33.1 Å². The molecule has 0 atom stereocenters. The molecule has 2 aromatic rings. The summed E-state index contributed by atoms with van der Waals surface area (Å²) >= 11 is 0. The third-order valence-electron chi connectivity index (χ3n) is 3.60. The van der Waals surface area contributed by atoms with E-state index in [1.165, 1.54) is 36.9 Å². The van der Waals surface area contributed by atoms with Gasteiger partial charge in [0.1, 0.15) is 11.3 Å². The monoisotopic (exact) mass is 227 g/mol. The zero-order valence-electron chi connectivity index (χ0n) is 9.95. The highest BCUT2D eigenvalue weighted by atomic mass is 16.3. The maximum Gasteiger partial charge on any atom is 0.141 e. The number of phenols is 1. The van der Waals surface area contributed by atoms with Gasteiger partial charge in [-0.1, -0.05) is 25.0 Å². The number of benzene rings is 1. The van der Waals surface area contributed by atoms with Gasteiger partial charge in [-0.05, 0) is 43.4 Å². The predicted octanol–water partition coefficient (Wildman–Crippen LogP) is 3.60. The molecule has 2 nitrogen and oxygen atoms in total. The fourth-order valence-electron chi connectivity index (χ4n) is 2.66. The van der Waals surface area contributed by atoms with Crippen molar-refractivity contribution in [3.8, 4) is 5.75 Å². The molecule has 3 rings (SSSR count). The van der Waals surface area contributed by atoms with Gasteiger partial charge in [-0.2, -0.15) is 0 Å². The lowest BCUT2D eigenvalue weighted by Gasteiger charge is -2.14. The van der Waals surface area contributed by atoms with Crippen LogP contribution in [0.1, 0.15) is 36.9 Å². The molecule has 88 valence electrons. The number of aromatic hydroxyl groups is 1. The molecule has 0 saturated heterocycles. The van der Waals surface area contributed by atoms with Gasteiger partial charge in [0.15, 0.2) is 0 Å². The van der Waals surface area contributed by atoms with E-state index in [0.717, 1.165) is 23.7 Å². The van der Waals surface area contributed by atoms with Crippen LogP contribution in [0.2, 0.25) is 0 Å². The lowest BCUT2D eigenvalue weighted by atomic mass is 9.96. The molecule has 0 fully saturated rings. The molecule has 0 unspecified atom stereocenters. The van der Waals surface area contributed by atoms with Gasteiger partial charge in [0, 0.05) is 11.1 Å². The fraction of sp³-hybridized carbons (Fsp3) is 0.400. The number of phenolic OH excluding ortho intramolecular Hbond substituents is 1. The second-order valence-corrected chi connectivity index (χ2v) is 4.86. The summed E-state index contributed by atoms with van der Waals surface area (Å²) in [6.45, 7) is 0. The van der Waals surface area contributed by atoms with Gasteiger partial charge >= 0.3 is 0 Å². The van der Waals surface area contributed by atoms with Crippen molar-refractivity contribution >= 4 is 10.9 Å². The van der Waals surface area contributed by atoms with E-state index < -0.39 is 0 Å². The molecule has 1 aliphatic rings. The molecule has 2 heteroatoms. The van der Waals surface area contributed by atoms with E-state index in [1.54, 1.807) is 6.07 Å². The first-order valence-corrected chi connectivity index (χ1v) is 6.45. The van der Waals surface area contributed by atoms with Crippen LogP contribution in [0.25, 0.3) is 10.9 Å². The standard InChI is InChI=1S/C15H17NO/c17-14-9-5-7-12-10-11-6-3-1-2-4-8-13(11)16-15(12)14/h5,7,9-10,17H,1-4,6,8H2. The molecule has 0 saturated carbocycles. The molecule has 0 radical (unpaired) electrons. The van der Waals surface area contributed by atoms with E-state index in [-0.39, 0.29) is 0 Å². The highest BCUT2D eigenvalue weighted by molar-refractivity contribution is 5.85. The van der Waals surface area contributed by atoms with Crippen LogP contribution in [0.4, 0.5) is 0 Å². The van der Waals surface area contributed by atoms with Gasteiger partial charge in [0.05, 0.1) is 0 Å². The minimum absolute atomic E-state index is 0.298. The highest BCUT2D eigenvalue weighted by Gasteiger charge is 2.11. The van der Waals surface area contributed by atoms with Crippen molar-refractivity contribution in [1.29, 1.82) is 0 Å². The maximum atomic E-state index is 9.84. The van der Waals surface area contributed by atoms with E-state index in [4.69, 9.17) is 0 Å². The molecule has 1 N–H and O–H groups in total. The number of aryl methyl sites for hydroxylation is 2. The number of pyridine rings is 1. The van der Waals surface area contributed by atoms with Crippen LogP contribution in [0, 0.1) is 0 Å². The van der Waals surface area contributed by atoms with Crippen molar-refractivity contribution < 1.29 is 5.11 Å². The van der Waals surface area contributed by atoms with Crippen molar-refractivity contribution in [3.63, 3.8) is 0 Å². The van der Waals surface area contributed by atoms with Crippen molar-refractivity contribution in [2.24, 2.45) is 0 Å². The molecule has 0 spiro atoms. The van der Waals surface area contributed by atoms with E-state index in [1.807, 2.05) is 12.1 Å². The van der Waals surface area contributed by atoms with Gasteiger partial charge in [-0.15, -0.1) is 0 Å². The molecule has 1 heterocycles. The van der Waals surface area contributed by atoms with E-state index in [0.29, 0.717) is 5.75 Å². The van der Waals surface area contributed by atoms with Crippen LogP contribution in [-0.2, 0) is 12.8 Å². The average Bonchev–Trinajstić information content (AvgIpc) is 2.30. The third kappa shape index (κ3) is 1.99. The highest BCUT2D eigenvalue weighted by Crippen LogP contribution is 2.27. The molecule has 17 heavy (non-hydrogen) atoms. The number of aromatic nitrogens is 1. The van der Waals surface area contributed by atoms with Gasteiger partial charge in [0.25, 0.3) is 0 Å². The number of hydrogen-bond acceptors (Lipinski definition) is 2. The molecular formula is C15H17NO. The minimum atomic E-state index is 0.298. The van der Waals surface area contributed by atoms with Gasteiger partial charge < -0.3 is 5.11 Å². The summed E-state index contributed by atoms with van der Waals surface area (Å²) in [5, 5.41) is 10.9. The Hall–Kier alpha value is -1.57.